The molecular weight excluding hydrogens is 372 g/mol. The molecular formula is C22H22N2O3S. The fourth-order valence-corrected chi connectivity index (χ4v) is 3.91. The standard InChI is InChI=1S/C22H22N2O3S/c1-15-4-6-18(7-5-15)22(25)23-19-8-10-21(11-9-19)28(26,27)24-20-13-16(2)12-17(3)14-20/h4-14,24H,1-3H3,(H,23,25). The van der Waals surface area contributed by atoms with Crippen LogP contribution in [0.3, 0.4) is 0 Å². The van der Waals surface area contributed by atoms with E-state index in [-0.39, 0.29) is 10.8 Å². The van der Waals surface area contributed by atoms with E-state index in [0.717, 1.165) is 16.7 Å². The Hall–Kier alpha value is -3.12. The van der Waals surface area contributed by atoms with Crippen LogP contribution in [0.5, 0.6) is 0 Å². The molecule has 0 aliphatic heterocycles. The number of hydrogen-bond acceptors (Lipinski definition) is 3. The number of aryl methyl sites for hydroxylation is 3. The smallest absolute Gasteiger partial charge is 0.261 e. The third kappa shape index (κ3) is 4.78. The average Bonchev–Trinajstić information content (AvgIpc) is 2.61. The zero-order valence-electron chi connectivity index (χ0n) is 16.0. The molecule has 0 heterocycles. The highest BCUT2D eigenvalue weighted by molar-refractivity contribution is 7.92. The Kier molecular flexibility index (Phi) is 5.51. The molecule has 0 saturated carbocycles. The fourth-order valence-electron chi connectivity index (χ4n) is 2.87. The van der Waals surface area contributed by atoms with Crippen molar-refractivity contribution in [2.24, 2.45) is 0 Å². The van der Waals surface area contributed by atoms with Gasteiger partial charge < -0.3 is 5.32 Å². The summed E-state index contributed by atoms with van der Waals surface area (Å²) in [6.07, 6.45) is 0. The van der Waals surface area contributed by atoms with Gasteiger partial charge in [0.05, 0.1) is 4.90 Å². The molecule has 0 unspecified atom stereocenters. The van der Waals surface area contributed by atoms with E-state index in [1.54, 1.807) is 36.4 Å². The van der Waals surface area contributed by atoms with Crippen LogP contribution >= 0.6 is 0 Å². The van der Waals surface area contributed by atoms with Crippen molar-refractivity contribution in [2.45, 2.75) is 25.7 Å². The summed E-state index contributed by atoms with van der Waals surface area (Å²) in [5.41, 5.74) is 4.62. The molecule has 0 aliphatic rings. The van der Waals surface area contributed by atoms with Gasteiger partial charge >= 0.3 is 0 Å². The van der Waals surface area contributed by atoms with Crippen LogP contribution in [0.25, 0.3) is 0 Å². The molecule has 2 N–H and O–H groups in total. The highest BCUT2D eigenvalue weighted by atomic mass is 32.2. The summed E-state index contributed by atoms with van der Waals surface area (Å²) < 4.78 is 27.8. The Morgan fingerprint density at radius 3 is 1.86 bits per heavy atom. The van der Waals surface area contributed by atoms with E-state index in [4.69, 9.17) is 0 Å². The molecule has 0 saturated heterocycles. The average molecular weight is 394 g/mol. The van der Waals surface area contributed by atoms with Gasteiger partial charge in [0.2, 0.25) is 0 Å². The SMILES string of the molecule is Cc1ccc(C(=O)Nc2ccc(S(=O)(=O)Nc3cc(C)cc(C)c3)cc2)cc1. The van der Waals surface area contributed by atoms with E-state index in [1.165, 1.54) is 12.1 Å². The minimum atomic E-state index is -3.71. The van der Waals surface area contributed by atoms with E-state index >= 15 is 0 Å². The number of sulfonamides is 1. The first-order valence-electron chi connectivity index (χ1n) is 8.82. The van der Waals surface area contributed by atoms with Gasteiger partial charge in [-0.2, -0.15) is 0 Å². The number of hydrogen-bond donors (Lipinski definition) is 2. The summed E-state index contributed by atoms with van der Waals surface area (Å²) in [4.78, 5) is 12.4. The third-order valence-electron chi connectivity index (χ3n) is 4.21. The molecule has 144 valence electrons. The fraction of sp³-hybridized carbons (Fsp3) is 0.136. The van der Waals surface area contributed by atoms with E-state index in [0.29, 0.717) is 16.9 Å². The molecule has 0 aromatic heterocycles. The van der Waals surface area contributed by atoms with Crippen molar-refractivity contribution < 1.29 is 13.2 Å². The summed E-state index contributed by atoms with van der Waals surface area (Å²) in [6, 6.07) is 18.8. The third-order valence-corrected chi connectivity index (χ3v) is 5.61. The minimum Gasteiger partial charge on any atom is -0.322 e. The topological polar surface area (TPSA) is 75.3 Å². The Bertz CT molecular complexity index is 1080. The van der Waals surface area contributed by atoms with Crippen LogP contribution in [0.1, 0.15) is 27.0 Å². The van der Waals surface area contributed by atoms with Crippen LogP contribution in [0.2, 0.25) is 0 Å². The van der Waals surface area contributed by atoms with Crippen LogP contribution in [0, 0.1) is 20.8 Å². The molecule has 0 radical (unpaired) electrons. The molecule has 0 bridgehead atoms. The molecule has 3 rings (SSSR count). The molecule has 3 aromatic carbocycles. The molecule has 3 aromatic rings. The molecule has 0 fully saturated rings. The molecule has 0 atom stereocenters. The van der Waals surface area contributed by atoms with E-state index in [1.807, 2.05) is 39.0 Å². The Balaban J connectivity index is 1.73. The van der Waals surface area contributed by atoms with Gasteiger partial charge in [-0.15, -0.1) is 0 Å². The summed E-state index contributed by atoms with van der Waals surface area (Å²) in [7, 11) is -3.71. The number of amides is 1. The number of carbonyl (C=O) groups is 1. The predicted molar refractivity (Wildman–Crippen MR) is 112 cm³/mol. The van der Waals surface area contributed by atoms with Crippen LogP contribution in [0.15, 0.2) is 71.6 Å². The summed E-state index contributed by atoms with van der Waals surface area (Å²) in [5, 5.41) is 2.77. The highest BCUT2D eigenvalue weighted by Gasteiger charge is 2.15. The minimum absolute atomic E-state index is 0.125. The van der Waals surface area contributed by atoms with E-state index < -0.39 is 10.0 Å². The van der Waals surface area contributed by atoms with Gasteiger partial charge in [0, 0.05) is 16.9 Å². The number of nitrogens with one attached hydrogen (secondary N) is 2. The monoisotopic (exact) mass is 394 g/mol. The second-order valence-electron chi connectivity index (χ2n) is 6.83. The summed E-state index contributed by atoms with van der Waals surface area (Å²) in [6.45, 7) is 5.78. The van der Waals surface area contributed by atoms with Crippen LogP contribution in [-0.4, -0.2) is 14.3 Å². The van der Waals surface area contributed by atoms with E-state index in [9.17, 15) is 13.2 Å². The maximum absolute atomic E-state index is 12.6. The Morgan fingerprint density at radius 1 is 0.714 bits per heavy atom. The predicted octanol–water partition coefficient (Wildman–Crippen LogP) is 4.66. The lowest BCUT2D eigenvalue weighted by molar-refractivity contribution is 0.102. The van der Waals surface area contributed by atoms with Crippen LogP contribution in [-0.2, 0) is 10.0 Å². The van der Waals surface area contributed by atoms with Gasteiger partial charge in [0.25, 0.3) is 15.9 Å². The number of anilines is 2. The Morgan fingerprint density at radius 2 is 1.29 bits per heavy atom. The van der Waals surface area contributed by atoms with Crippen molar-refractivity contribution >= 4 is 27.3 Å². The van der Waals surface area contributed by atoms with Gasteiger partial charge in [-0.05, 0) is 80.4 Å². The molecule has 28 heavy (non-hydrogen) atoms. The van der Waals surface area contributed by atoms with Crippen molar-refractivity contribution in [1.82, 2.24) is 0 Å². The number of carbonyl (C=O) groups excluding carboxylic acids is 1. The maximum Gasteiger partial charge on any atom is 0.261 e. The van der Waals surface area contributed by atoms with Gasteiger partial charge in [-0.25, -0.2) is 8.42 Å². The lowest BCUT2D eigenvalue weighted by Crippen LogP contribution is -2.14. The number of benzene rings is 3. The van der Waals surface area contributed by atoms with Crippen molar-refractivity contribution in [3.8, 4) is 0 Å². The van der Waals surface area contributed by atoms with Gasteiger partial charge in [0.15, 0.2) is 0 Å². The molecule has 1 amide bonds. The highest BCUT2D eigenvalue weighted by Crippen LogP contribution is 2.20. The first-order chi connectivity index (χ1) is 13.2. The Labute approximate surface area is 165 Å². The quantitative estimate of drug-likeness (QED) is 0.661. The maximum atomic E-state index is 12.6. The first-order valence-corrected chi connectivity index (χ1v) is 10.3. The molecule has 6 heteroatoms. The summed E-state index contributed by atoms with van der Waals surface area (Å²) >= 11 is 0. The van der Waals surface area contributed by atoms with Crippen molar-refractivity contribution in [3.63, 3.8) is 0 Å². The van der Waals surface area contributed by atoms with Crippen molar-refractivity contribution in [2.75, 3.05) is 10.0 Å². The molecule has 0 aliphatic carbocycles. The lowest BCUT2D eigenvalue weighted by Gasteiger charge is -2.11. The van der Waals surface area contributed by atoms with Gasteiger partial charge in [0.1, 0.15) is 0 Å². The molecule has 0 spiro atoms. The van der Waals surface area contributed by atoms with Gasteiger partial charge in [-0.3, -0.25) is 9.52 Å². The van der Waals surface area contributed by atoms with Crippen LogP contribution in [0.4, 0.5) is 11.4 Å². The number of rotatable bonds is 5. The van der Waals surface area contributed by atoms with Gasteiger partial charge in [-0.1, -0.05) is 23.8 Å². The zero-order valence-corrected chi connectivity index (χ0v) is 16.8. The molecule has 5 nitrogen and oxygen atoms in total. The zero-order chi connectivity index (χ0) is 20.3. The largest absolute Gasteiger partial charge is 0.322 e. The second-order valence-corrected chi connectivity index (χ2v) is 8.51. The van der Waals surface area contributed by atoms with Crippen molar-refractivity contribution in [1.29, 1.82) is 0 Å². The summed E-state index contributed by atoms with van der Waals surface area (Å²) in [5.74, 6) is -0.246. The van der Waals surface area contributed by atoms with Crippen molar-refractivity contribution in [3.05, 3.63) is 89.0 Å². The van der Waals surface area contributed by atoms with Crippen LogP contribution < -0.4 is 10.0 Å². The lowest BCUT2D eigenvalue weighted by atomic mass is 10.1. The van der Waals surface area contributed by atoms with E-state index in [2.05, 4.69) is 10.0 Å². The second kappa shape index (κ2) is 7.86. The normalized spacial score (nSPS) is 11.1. The first kappa shape index (κ1) is 19.6.